The Morgan fingerprint density at radius 3 is 2.45 bits per heavy atom. The van der Waals surface area contributed by atoms with E-state index in [1.165, 1.54) is 22.3 Å². The predicted octanol–water partition coefficient (Wildman–Crippen LogP) is 3.57. The van der Waals surface area contributed by atoms with Crippen molar-refractivity contribution in [1.29, 1.82) is 0 Å². The van der Waals surface area contributed by atoms with Crippen LogP contribution in [0.1, 0.15) is 40.8 Å². The Morgan fingerprint density at radius 1 is 1.05 bits per heavy atom. The highest BCUT2D eigenvalue weighted by molar-refractivity contribution is 5.37. The van der Waals surface area contributed by atoms with Crippen LogP contribution >= 0.6 is 0 Å². The lowest BCUT2D eigenvalue weighted by molar-refractivity contribution is 0.229. The molecule has 0 saturated heterocycles. The molecule has 0 fully saturated rings. The summed E-state index contributed by atoms with van der Waals surface area (Å²) in [5.41, 5.74) is 11.7. The first kappa shape index (κ1) is 13.3. The summed E-state index contributed by atoms with van der Waals surface area (Å²) in [6.07, 6.45) is 1.02. The minimum atomic E-state index is 0.176. The summed E-state index contributed by atoms with van der Waals surface area (Å²) in [7, 11) is 2.20. The van der Waals surface area contributed by atoms with Gasteiger partial charge >= 0.3 is 0 Å². The van der Waals surface area contributed by atoms with Crippen molar-refractivity contribution < 1.29 is 0 Å². The topological polar surface area (TPSA) is 29.3 Å². The molecule has 2 unspecified atom stereocenters. The second-order valence-electron chi connectivity index (χ2n) is 5.83. The minimum absolute atomic E-state index is 0.176. The Labute approximate surface area is 121 Å². The summed E-state index contributed by atoms with van der Waals surface area (Å²) >= 11 is 0. The van der Waals surface area contributed by atoms with E-state index in [9.17, 15) is 0 Å². The van der Waals surface area contributed by atoms with Gasteiger partial charge in [-0.1, -0.05) is 48.5 Å². The predicted molar refractivity (Wildman–Crippen MR) is 83.4 cm³/mol. The van der Waals surface area contributed by atoms with Gasteiger partial charge in [-0.25, -0.2) is 0 Å². The quantitative estimate of drug-likeness (QED) is 0.920. The summed E-state index contributed by atoms with van der Waals surface area (Å²) < 4.78 is 0. The summed E-state index contributed by atoms with van der Waals surface area (Å²) in [5.74, 6) is 0. The molecule has 0 amide bonds. The lowest BCUT2D eigenvalue weighted by Gasteiger charge is -2.26. The number of nitrogens with zero attached hydrogens (tertiary/aromatic N) is 1. The highest BCUT2D eigenvalue weighted by Gasteiger charge is 2.30. The van der Waals surface area contributed by atoms with Gasteiger partial charge < -0.3 is 5.73 Å². The van der Waals surface area contributed by atoms with Crippen LogP contribution in [-0.4, -0.2) is 11.9 Å². The zero-order chi connectivity index (χ0) is 14.1. The second-order valence-corrected chi connectivity index (χ2v) is 5.83. The Morgan fingerprint density at radius 2 is 1.70 bits per heavy atom. The van der Waals surface area contributed by atoms with Gasteiger partial charge in [0, 0.05) is 18.6 Å². The van der Waals surface area contributed by atoms with Crippen molar-refractivity contribution in [2.45, 2.75) is 32.0 Å². The minimum Gasteiger partial charge on any atom is -0.324 e. The smallest absolute Gasteiger partial charge is 0.0369 e. The van der Waals surface area contributed by atoms with Gasteiger partial charge in [-0.15, -0.1) is 0 Å². The fourth-order valence-corrected chi connectivity index (χ4v) is 3.23. The number of nitrogens with two attached hydrogens (primary N) is 1. The Kier molecular flexibility index (Phi) is 3.60. The van der Waals surface area contributed by atoms with Crippen LogP contribution in [0.3, 0.4) is 0 Å². The zero-order valence-corrected chi connectivity index (χ0v) is 12.2. The normalized spacial score (nSPS) is 21.2. The van der Waals surface area contributed by atoms with Crippen LogP contribution in [0, 0.1) is 6.92 Å². The number of benzene rings is 2. The average molecular weight is 266 g/mol. The van der Waals surface area contributed by atoms with Crippen molar-refractivity contribution in [3.05, 3.63) is 70.8 Å². The molecule has 2 aromatic rings. The number of fused-ring (bicyclic) bond motifs is 1. The summed E-state index contributed by atoms with van der Waals surface area (Å²) in [4.78, 5) is 2.42. The monoisotopic (exact) mass is 266 g/mol. The van der Waals surface area contributed by atoms with Gasteiger partial charge in [0.2, 0.25) is 0 Å². The molecule has 2 atom stereocenters. The van der Waals surface area contributed by atoms with Crippen molar-refractivity contribution in [1.82, 2.24) is 4.90 Å². The molecule has 0 spiro atoms. The number of hydrogen-bond donors (Lipinski definition) is 1. The fourth-order valence-electron chi connectivity index (χ4n) is 3.23. The van der Waals surface area contributed by atoms with Gasteiger partial charge in [-0.3, -0.25) is 4.90 Å². The van der Waals surface area contributed by atoms with E-state index in [0.29, 0.717) is 6.04 Å². The zero-order valence-electron chi connectivity index (χ0n) is 12.2. The molecule has 1 aliphatic carbocycles. The van der Waals surface area contributed by atoms with Crippen molar-refractivity contribution in [3.63, 3.8) is 0 Å². The van der Waals surface area contributed by atoms with E-state index in [4.69, 9.17) is 5.73 Å². The maximum Gasteiger partial charge on any atom is 0.0369 e. The van der Waals surface area contributed by atoms with Gasteiger partial charge in [0.1, 0.15) is 0 Å². The van der Waals surface area contributed by atoms with E-state index in [2.05, 4.69) is 67.4 Å². The molecular formula is C18H22N2. The molecule has 3 rings (SSSR count). The molecule has 0 bridgehead atoms. The van der Waals surface area contributed by atoms with Crippen LogP contribution in [-0.2, 0) is 6.54 Å². The molecule has 2 heteroatoms. The highest BCUT2D eigenvalue weighted by Crippen LogP contribution is 2.40. The largest absolute Gasteiger partial charge is 0.324 e. The van der Waals surface area contributed by atoms with Gasteiger partial charge in [0.15, 0.2) is 0 Å². The number of rotatable bonds is 3. The van der Waals surface area contributed by atoms with Gasteiger partial charge in [-0.05, 0) is 42.6 Å². The van der Waals surface area contributed by atoms with E-state index < -0.39 is 0 Å². The van der Waals surface area contributed by atoms with E-state index in [1.807, 2.05) is 0 Å². The SMILES string of the molecule is Cc1ccccc1CN(C)C1CC(N)c2ccccc21. The molecule has 0 heterocycles. The molecule has 104 valence electrons. The van der Waals surface area contributed by atoms with Gasteiger partial charge in [0.05, 0.1) is 0 Å². The molecule has 0 aliphatic heterocycles. The first-order valence-corrected chi connectivity index (χ1v) is 7.26. The first-order chi connectivity index (χ1) is 9.66. The van der Waals surface area contributed by atoms with E-state index in [-0.39, 0.29) is 6.04 Å². The Bertz CT molecular complexity index is 606. The molecule has 20 heavy (non-hydrogen) atoms. The standard InChI is InChI=1S/C18H22N2/c1-13-7-3-4-8-14(13)12-20(2)18-11-17(19)15-9-5-6-10-16(15)18/h3-10,17-18H,11-12,19H2,1-2H3. The molecule has 1 aliphatic rings. The van der Waals surface area contributed by atoms with E-state index >= 15 is 0 Å². The molecule has 0 saturated carbocycles. The molecule has 0 aromatic heterocycles. The average Bonchev–Trinajstić information content (AvgIpc) is 2.79. The second kappa shape index (κ2) is 5.39. The summed E-state index contributed by atoms with van der Waals surface area (Å²) in [6.45, 7) is 3.15. The van der Waals surface area contributed by atoms with Crippen LogP contribution < -0.4 is 5.73 Å². The van der Waals surface area contributed by atoms with Crippen LogP contribution in [0.5, 0.6) is 0 Å². The Balaban J connectivity index is 1.83. The van der Waals surface area contributed by atoms with Gasteiger partial charge in [-0.2, -0.15) is 0 Å². The highest BCUT2D eigenvalue weighted by atomic mass is 15.1. The molecule has 2 aromatic carbocycles. The van der Waals surface area contributed by atoms with E-state index in [0.717, 1.165) is 13.0 Å². The third kappa shape index (κ3) is 2.37. The lowest BCUT2D eigenvalue weighted by Crippen LogP contribution is -2.23. The summed E-state index contributed by atoms with van der Waals surface area (Å²) in [5, 5.41) is 0. The fraction of sp³-hybridized carbons (Fsp3) is 0.333. The summed E-state index contributed by atoms with van der Waals surface area (Å²) in [6, 6.07) is 17.8. The van der Waals surface area contributed by atoms with Crippen LogP contribution in [0.4, 0.5) is 0 Å². The molecule has 2 nitrogen and oxygen atoms in total. The molecule has 0 radical (unpaired) electrons. The molecular weight excluding hydrogens is 244 g/mol. The van der Waals surface area contributed by atoms with Crippen LogP contribution in [0.15, 0.2) is 48.5 Å². The van der Waals surface area contributed by atoms with Gasteiger partial charge in [0.25, 0.3) is 0 Å². The van der Waals surface area contributed by atoms with Crippen molar-refractivity contribution >= 4 is 0 Å². The maximum absolute atomic E-state index is 6.27. The van der Waals surface area contributed by atoms with Crippen LogP contribution in [0.25, 0.3) is 0 Å². The third-order valence-electron chi connectivity index (χ3n) is 4.44. The maximum atomic E-state index is 6.27. The lowest BCUT2D eigenvalue weighted by atomic mass is 10.0. The van der Waals surface area contributed by atoms with Crippen molar-refractivity contribution in [2.75, 3.05) is 7.05 Å². The number of aryl methyl sites for hydroxylation is 1. The van der Waals surface area contributed by atoms with Crippen molar-refractivity contribution in [2.24, 2.45) is 5.73 Å². The number of hydrogen-bond acceptors (Lipinski definition) is 2. The Hall–Kier alpha value is -1.64. The van der Waals surface area contributed by atoms with Crippen molar-refractivity contribution in [3.8, 4) is 0 Å². The first-order valence-electron chi connectivity index (χ1n) is 7.26. The van der Waals surface area contributed by atoms with Crippen LogP contribution in [0.2, 0.25) is 0 Å². The molecule has 2 N–H and O–H groups in total. The van der Waals surface area contributed by atoms with E-state index in [1.54, 1.807) is 0 Å². The third-order valence-corrected chi connectivity index (χ3v) is 4.44.